The lowest BCUT2D eigenvalue weighted by atomic mass is 10.0. The van der Waals surface area contributed by atoms with Gasteiger partial charge < -0.3 is 0 Å². The smallest absolute Gasteiger partial charge is 0.146 e. The Kier molecular flexibility index (Phi) is 2.60. The van der Waals surface area contributed by atoms with Gasteiger partial charge in [-0.25, -0.2) is 0 Å². The molecule has 11 heavy (non-hydrogen) atoms. The van der Waals surface area contributed by atoms with Crippen LogP contribution in [0, 0.1) is 0 Å². The van der Waals surface area contributed by atoms with Gasteiger partial charge in [-0.1, -0.05) is 19.6 Å². The highest BCUT2D eigenvalue weighted by Crippen LogP contribution is 2.25. The second-order valence-electron chi connectivity index (χ2n) is 2.43. The Morgan fingerprint density at radius 2 is 2.55 bits per heavy atom. The van der Waals surface area contributed by atoms with Crippen LogP contribution >= 0.6 is 11.3 Å². The van der Waals surface area contributed by atoms with E-state index >= 15 is 0 Å². The zero-order chi connectivity index (χ0) is 8.27. The van der Waals surface area contributed by atoms with E-state index in [1.807, 2.05) is 24.4 Å². The standard InChI is InChI=1S/C9H10OS/c1-7(6-10)8(2)9-4-3-5-11-9/h3-6,8H,1H2,2H3/t8-/m0/s1. The second-order valence-corrected chi connectivity index (χ2v) is 3.41. The minimum atomic E-state index is 0.174. The summed E-state index contributed by atoms with van der Waals surface area (Å²) in [6.45, 7) is 5.66. The molecule has 0 aliphatic rings. The third-order valence-corrected chi connectivity index (χ3v) is 2.73. The highest BCUT2D eigenvalue weighted by molar-refractivity contribution is 7.10. The number of thiophene rings is 1. The summed E-state index contributed by atoms with van der Waals surface area (Å²) < 4.78 is 0. The molecule has 1 aromatic rings. The maximum absolute atomic E-state index is 10.3. The first-order chi connectivity index (χ1) is 5.25. The first-order valence-electron chi connectivity index (χ1n) is 3.43. The van der Waals surface area contributed by atoms with Crippen molar-refractivity contribution in [3.05, 3.63) is 34.5 Å². The molecule has 1 nitrogen and oxygen atoms in total. The number of hydrogen-bond acceptors (Lipinski definition) is 2. The Labute approximate surface area is 70.4 Å². The van der Waals surface area contributed by atoms with E-state index in [9.17, 15) is 4.79 Å². The predicted molar refractivity (Wildman–Crippen MR) is 47.9 cm³/mol. The minimum absolute atomic E-state index is 0.174. The largest absolute Gasteiger partial charge is 0.298 e. The molecule has 1 heterocycles. The van der Waals surface area contributed by atoms with E-state index in [1.54, 1.807) is 11.3 Å². The number of carbonyl (C=O) groups is 1. The van der Waals surface area contributed by atoms with Crippen molar-refractivity contribution in [2.75, 3.05) is 0 Å². The monoisotopic (exact) mass is 166 g/mol. The van der Waals surface area contributed by atoms with Crippen LogP contribution < -0.4 is 0 Å². The number of rotatable bonds is 3. The van der Waals surface area contributed by atoms with E-state index in [0.717, 1.165) is 6.29 Å². The van der Waals surface area contributed by atoms with Crippen LogP contribution in [0.15, 0.2) is 29.7 Å². The Balaban J connectivity index is 2.77. The lowest BCUT2D eigenvalue weighted by molar-refractivity contribution is -0.105. The van der Waals surface area contributed by atoms with Crippen LogP contribution in [0.2, 0.25) is 0 Å². The fourth-order valence-electron chi connectivity index (χ4n) is 0.822. The molecule has 0 bridgehead atoms. The van der Waals surface area contributed by atoms with Gasteiger partial charge in [-0.15, -0.1) is 11.3 Å². The summed E-state index contributed by atoms with van der Waals surface area (Å²) in [5, 5.41) is 2.00. The average molecular weight is 166 g/mol. The number of carbonyl (C=O) groups excluding carboxylic acids is 1. The second kappa shape index (κ2) is 3.49. The van der Waals surface area contributed by atoms with E-state index in [4.69, 9.17) is 0 Å². The normalized spacial score (nSPS) is 12.5. The summed E-state index contributed by atoms with van der Waals surface area (Å²) in [6, 6.07) is 4.00. The lowest BCUT2D eigenvalue weighted by Crippen LogP contribution is -1.94. The molecule has 1 rings (SSSR count). The van der Waals surface area contributed by atoms with Gasteiger partial charge in [-0.3, -0.25) is 4.79 Å². The zero-order valence-electron chi connectivity index (χ0n) is 6.41. The van der Waals surface area contributed by atoms with Crippen molar-refractivity contribution < 1.29 is 4.79 Å². The third kappa shape index (κ3) is 1.77. The van der Waals surface area contributed by atoms with E-state index < -0.39 is 0 Å². The van der Waals surface area contributed by atoms with Crippen LogP contribution in [0.25, 0.3) is 0 Å². The number of allylic oxidation sites excluding steroid dienone is 1. The Morgan fingerprint density at radius 1 is 1.82 bits per heavy atom. The SMILES string of the molecule is C=C(C=O)[C@H](C)c1cccs1. The molecular formula is C9H10OS. The van der Waals surface area contributed by atoms with Crippen LogP contribution in [0.4, 0.5) is 0 Å². The molecule has 0 amide bonds. The number of hydrogen-bond donors (Lipinski definition) is 0. The maximum Gasteiger partial charge on any atom is 0.146 e. The Morgan fingerprint density at radius 3 is 3.00 bits per heavy atom. The molecule has 1 atom stereocenters. The van der Waals surface area contributed by atoms with Crippen LogP contribution in [0.3, 0.4) is 0 Å². The molecule has 1 aromatic heterocycles. The van der Waals surface area contributed by atoms with Gasteiger partial charge >= 0.3 is 0 Å². The average Bonchev–Trinajstić information content (AvgIpc) is 2.53. The van der Waals surface area contributed by atoms with Crippen LogP contribution in [-0.4, -0.2) is 6.29 Å². The third-order valence-electron chi connectivity index (χ3n) is 1.68. The fraction of sp³-hybridized carbons (Fsp3) is 0.222. The van der Waals surface area contributed by atoms with Gasteiger partial charge in [0.25, 0.3) is 0 Å². The summed E-state index contributed by atoms with van der Waals surface area (Å²) in [5.74, 6) is 0.174. The van der Waals surface area contributed by atoms with E-state index in [2.05, 4.69) is 6.58 Å². The van der Waals surface area contributed by atoms with E-state index in [0.29, 0.717) is 5.57 Å². The topological polar surface area (TPSA) is 17.1 Å². The molecule has 0 spiro atoms. The summed E-state index contributed by atoms with van der Waals surface area (Å²) in [6.07, 6.45) is 0.824. The summed E-state index contributed by atoms with van der Waals surface area (Å²) >= 11 is 1.65. The zero-order valence-corrected chi connectivity index (χ0v) is 7.23. The van der Waals surface area contributed by atoms with Gasteiger partial charge in [0.1, 0.15) is 6.29 Å². The quantitative estimate of drug-likeness (QED) is 0.498. The first kappa shape index (κ1) is 8.21. The summed E-state index contributed by atoms with van der Waals surface area (Å²) in [4.78, 5) is 11.5. The summed E-state index contributed by atoms with van der Waals surface area (Å²) in [5.41, 5.74) is 0.646. The molecule has 58 valence electrons. The Bertz CT molecular complexity index is 249. The molecule has 0 aromatic carbocycles. The van der Waals surface area contributed by atoms with E-state index in [-0.39, 0.29) is 5.92 Å². The van der Waals surface area contributed by atoms with E-state index in [1.165, 1.54) is 4.88 Å². The van der Waals surface area contributed by atoms with Gasteiger partial charge in [0.15, 0.2) is 0 Å². The minimum Gasteiger partial charge on any atom is -0.298 e. The van der Waals surface area contributed by atoms with Crippen molar-refractivity contribution in [1.82, 2.24) is 0 Å². The predicted octanol–water partition coefficient (Wildman–Crippen LogP) is 2.61. The molecule has 0 aliphatic heterocycles. The molecule has 0 aliphatic carbocycles. The highest BCUT2D eigenvalue weighted by atomic mass is 32.1. The van der Waals surface area contributed by atoms with Crippen LogP contribution in [-0.2, 0) is 4.79 Å². The number of aldehydes is 1. The molecule has 2 heteroatoms. The van der Waals surface area contributed by atoms with Crippen molar-refractivity contribution in [2.24, 2.45) is 0 Å². The lowest BCUT2D eigenvalue weighted by Gasteiger charge is -2.05. The fourth-order valence-corrected chi connectivity index (χ4v) is 1.65. The first-order valence-corrected chi connectivity index (χ1v) is 4.31. The maximum atomic E-state index is 10.3. The van der Waals surface area contributed by atoms with Crippen molar-refractivity contribution in [2.45, 2.75) is 12.8 Å². The molecule has 0 fully saturated rings. The van der Waals surface area contributed by atoms with Crippen LogP contribution in [0.1, 0.15) is 17.7 Å². The van der Waals surface area contributed by atoms with Crippen molar-refractivity contribution in [3.63, 3.8) is 0 Å². The summed E-state index contributed by atoms with van der Waals surface area (Å²) in [7, 11) is 0. The van der Waals surface area contributed by atoms with Crippen molar-refractivity contribution in [1.29, 1.82) is 0 Å². The van der Waals surface area contributed by atoms with Gasteiger partial charge in [-0.2, -0.15) is 0 Å². The Hall–Kier alpha value is -0.890. The van der Waals surface area contributed by atoms with Gasteiger partial charge in [0.05, 0.1) is 0 Å². The van der Waals surface area contributed by atoms with Crippen molar-refractivity contribution in [3.8, 4) is 0 Å². The van der Waals surface area contributed by atoms with Gasteiger partial charge in [0, 0.05) is 10.8 Å². The van der Waals surface area contributed by atoms with Gasteiger partial charge in [-0.05, 0) is 17.0 Å². The highest BCUT2D eigenvalue weighted by Gasteiger charge is 2.08. The molecule has 0 saturated heterocycles. The molecule has 0 saturated carbocycles. The molecule has 0 unspecified atom stereocenters. The molecule has 0 radical (unpaired) electrons. The molecule has 0 N–H and O–H groups in total. The molecular weight excluding hydrogens is 156 g/mol. The van der Waals surface area contributed by atoms with Gasteiger partial charge in [0.2, 0.25) is 0 Å². The van der Waals surface area contributed by atoms with Crippen LogP contribution in [0.5, 0.6) is 0 Å². The van der Waals surface area contributed by atoms with Crippen molar-refractivity contribution >= 4 is 17.6 Å².